The van der Waals surface area contributed by atoms with Gasteiger partial charge in [0.15, 0.2) is 0 Å². The third-order valence-corrected chi connectivity index (χ3v) is 2.16. The zero-order chi connectivity index (χ0) is 9.52. The number of allylic oxidation sites excluding steroid dienone is 5. The molecule has 0 aromatic carbocycles. The maximum Gasteiger partial charge on any atom is 0.0140 e. The largest absolute Gasteiger partial charge is 0.313 e. The van der Waals surface area contributed by atoms with Gasteiger partial charge < -0.3 is 5.32 Å². The molecule has 0 amide bonds. The molecule has 0 atom stereocenters. The number of hydrogen-bond acceptors (Lipinski definition) is 1. The van der Waals surface area contributed by atoms with Crippen LogP contribution in [0.25, 0.3) is 0 Å². The Morgan fingerprint density at radius 2 is 2.38 bits per heavy atom. The van der Waals surface area contributed by atoms with E-state index in [0.717, 1.165) is 19.5 Å². The normalized spacial score (nSPS) is 18.8. The SMILES string of the molecule is C=C/C=C\C=C(/C)C1=CCNCC1. The van der Waals surface area contributed by atoms with E-state index in [-0.39, 0.29) is 0 Å². The molecule has 0 aromatic heterocycles. The maximum atomic E-state index is 3.63. The summed E-state index contributed by atoms with van der Waals surface area (Å²) in [5, 5.41) is 3.30. The Labute approximate surface area is 80.5 Å². The molecule has 1 heteroatoms. The van der Waals surface area contributed by atoms with Crippen LogP contribution in [0.5, 0.6) is 0 Å². The predicted octanol–water partition coefficient (Wildman–Crippen LogP) is 2.59. The van der Waals surface area contributed by atoms with E-state index in [1.807, 2.05) is 12.2 Å². The summed E-state index contributed by atoms with van der Waals surface area (Å²) in [5.74, 6) is 0. The molecule has 1 N–H and O–H groups in total. The van der Waals surface area contributed by atoms with Gasteiger partial charge in [-0.1, -0.05) is 37.0 Å². The molecule has 1 nitrogen and oxygen atoms in total. The molecular weight excluding hydrogens is 158 g/mol. The lowest BCUT2D eigenvalue weighted by Crippen LogP contribution is -2.20. The van der Waals surface area contributed by atoms with Crippen LogP contribution in [0.3, 0.4) is 0 Å². The van der Waals surface area contributed by atoms with Crippen molar-refractivity contribution in [2.24, 2.45) is 0 Å². The van der Waals surface area contributed by atoms with Gasteiger partial charge in [-0.05, 0) is 31.0 Å². The molecular formula is C12H17N. The first-order valence-corrected chi connectivity index (χ1v) is 4.70. The summed E-state index contributed by atoms with van der Waals surface area (Å²) in [5.41, 5.74) is 2.83. The number of nitrogens with one attached hydrogen (secondary N) is 1. The summed E-state index contributed by atoms with van der Waals surface area (Å²) in [7, 11) is 0. The molecule has 0 spiro atoms. The highest BCUT2D eigenvalue weighted by atomic mass is 14.8. The molecule has 70 valence electrons. The molecule has 0 saturated heterocycles. The Morgan fingerprint density at radius 1 is 1.54 bits per heavy atom. The van der Waals surface area contributed by atoms with Crippen molar-refractivity contribution in [2.75, 3.05) is 13.1 Å². The smallest absolute Gasteiger partial charge is 0.0140 e. The summed E-state index contributed by atoms with van der Waals surface area (Å²) < 4.78 is 0. The van der Waals surface area contributed by atoms with E-state index in [9.17, 15) is 0 Å². The third kappa shape index (κ3) is 3.43. The minimum Gasteiger partial charge on any atom is -0.313 e. The summed E-state index contributed by atoms with van der Waals surface area (Å²) >= 11 is 0. The van der Waals surface area contributed by atoms with Crippen molar-refractivity contribution in [3.63, 3.8) is 0 Å². The number of hydrogen-bond donors (Lipinski definition) is 1. The summed E-state index contributed by atoms with van der Waals surface area (Å²) in [6, 6.07) is 0. The molecule has 1 aliphatic heterocycles. The van der Waals surface area contributed by atoms with Gasteiger partial charge in [-0.3, -0.25) is 0 Å². The monoisotopic (exact) mass is 175 g/mol. The lowest BCUT2D eigenvalue weighted by atomic mass is 10.0. The average Bonchev–Trinajstić information content (AvgIpc) is 2.19. The second-order valence-electron chi connectivity index (χ2n) is 3.15. The van der Waals surface area contributed by atoms with E-state index >= 15 is 0 Å². The highest BCUT2D eigenvalue weighted by molar-refractivity contribution is 5.33. The molecule has 1 heterocycles. The van der Waals surface area contributed by atoms with E-state index in [4.69, 9.17) is 0 Å². The van der Waals surface area contributed by atoms with Crippen LogP contribution in [0.15, 0.2) is 48.1 Å². The third-order valence-electron chi connectivity index (χ3n) is 2.16. The molecule has 0 unspecified atom stereocenters. The molecule has 1 aliphatic rings. The van der Waals surface area contributed by atoms with E-state index in [1.165, 1.54) is 11.1 Å². The first-order chi connectivity index (χ1) is 6.34. The highest BCUT2D eigenvalue weighted by Gasteiger charge is 2.02. The lowest BCUT2D eigenvalue weighted by molar-refractivity contribution is 0.707. The Morgan fingerprint density at radius 3 is 3.00 bits per heavy atom. The highest BCUT2D eigenvalue weighted by Crippen LogP contribution is 2.14. The zero-order valence-electron chi connectivity index (χ0n) is 8.22. The van der Waals surface area contributed by atoms with Gasteiger partial charge in [0.25, 0.3) is 0 Å². The first kappa shape index (κ1) is 10.0. The standard InChI is InChI=1S/C12H17N/c1-3-4-5-6-11(2)12-7-9-13-10-8-12/h3-7,13H,1,8-10H2,2H3/b5-4-,11-6+. The minimum atomic E-state index is 1.01. The molecule has 1 rings (SSSR count). The Balaban J connectivity index is 2.59. The van der Waals surface area contributed by atoms with Crippen molar-refractivity contribution in [1.29, 1.82) is 0 Å². The van der Waals surface area contributed by atoms with Crippen LogP contribution in [0, 0.1) is 0 Å². The second-order valence-corrected chi connectivity index (χ2v) is 3.15. The Kier molecular flexibility index (Phi) is 4.27. The Hall–Kier alpha value is -1.08. The fraction of sp³-hybridized carbons (Fsp3) is 0.333. The lowest BCUT2D eigenvalue weighted by Gasteiger charge is -2.13. The van der Waals surface area contributed by atoms with Gasteiger partial charge in [0.2, 0.25) is 0 Å². The van der Waals surface area contributed by atoms with Gasteiger partial charge in [-0.2, -0.15) is 0 Å². The predicted molar refractivity (Wildman–Crippen MR) is 58.7 cm³/mol. The fourth-order valence-electron chi connectivity index (χ4n) is 1.37. The van der Waals surface area contributed by atoms with Crippen molar-refractivity contribution >= 4 is 0 Å². The summed E-state index contributed by atoms with van der Waals surface area (Å²) in [6.07, 6.45) is 11.3. The Bertz CT molecular complexity index is 256. The minimum absolute atomic E-state index is 1.01. The van der Waals surface area contributed by atoms with Crippen molar-refractivity contribution in [2.45, 2.75) is 13.3 Å². The van der Waals surface area contributed by atoms with Crippen molar-refractivity contribution in [3.05, 3.63) is 48.1 Å². The maximum absolute atomic E-state index is 3.63. The van der Waals surface area contributed by atoms with Crippen LogP contribution in [-0.4, -0.2) is 13.1 Å². The fourth-order valence-corrected chi connectivity index (χ4v) is 1.37. The summed E-state index contributed by atoms with van der Waals surface area (Å²) in [4.78, 5) is 0. The van der Waals surface area contributed by atoms with Crippen LogP contribution >= 0.6 is 0 Å². The molecule has 0 saturated carbocycles. The molecule has 0 aromatic rings. The second kappa shape index (κ2) is 5.55. The van der Waals surface area contributed by atoms with Gasteiger partial charge in [-0.25, -0.2) is 0 Å². The van der Waals surface area contributed by atoms with Gasteiger partial charge >= 0.3 is 0 Å². The van der Waals surface area contributed by atoms with Crippen molar-refractivity contribution in [1.82, 2.24) is 5.32 Å². The van der Waals surface area contributed by atoms with E-state index in [2.05, 4.69) is 31.0 Å². The van der Waals surface area contributed by atoms with Crippen molar-refractivity contribution in [3.8, 4) is 0 Å². The summed E-state index contributed by atoms with van der Waals surface area (Å²) in [6.45, 7) is 7.89. The van der Waals surface area contributed by atoms with E-state index in [0.29, 0.717) is 0 Å². The number of rotatable bonds is 3. The first-order valence-electron chi connectivity index (χ1n) is 4.70. The molecule has 0 bridgehead atoms. The zero-order valence-corrected chi connectivity index (χ0v) is 8.22. The average molecular weight is 175 g/mol. The van der Waals surface area contributed by atoms with Gasteiger partial charge in [0.05, 0.1) is 0 Å². The van der Waals surface area contributed by atoms with Gasteiger partial charge in [-0.15, -0.1) is 0 Å². The topological polar surface area (TPSA) is 12.0 Å². The van der Waals surface area contributed by atoms with Crippen LogP contribution in [0.4, 0.5) is 0 Å². The molecule has 0 aliphatic carbocycles. The van der Waals surface area contributed by atoms with Crippen LogP contribution in [-0.2, 0) is 0 Å². The van der Waals surface area contributed by atoms with Gasteiger partial charge in [0.1, 0.15) is 0 Å². The molecule has 13 heavy (non-hydrogen) atoms. The van der Waals surface area contributed by atoms with Crippen LogP contribution in [0.2, 0.25) is 0 Å². The van der Waals surface area contributed by atoms with Crippen molar-refractivity contribution < 1.29 is 0 Å². The molecule has 0 radical (unpaired) electrons. The van der Waals surface area contributed by atoms with Crippen LogP contribution < -0.4 is 5.32 Å². The van der Waals surface area contributed by atoms with Gasteiger partial charge in [0, 0.05) is 6.54 Å². The van der Waals surface area contributed by atoms with E-state index < -0.39 is 0 Å². The van der Waals surface area contributed by atoms with Crippen LogP contribution in [0.1, 0.15) is 13.3 Å². The quantitative estimate of drug-likeness (QED) is 0.650. The van der Waals surface area contributed by atoms with E-state index in [1.54, 1.807) is 6.08 Å². The molecule has 0 fully saturated rings.